The van der Waals surface area contributed by atoms with Crippen LogP contribution in [0.5, 0.6) is 0 Å². The fraction of sp³-hybridized carbons (Fsp3) is 1.00. The van der Waals surface area contributed by atoms with Crippen molar-refractivity contribution in [3.8, 4) is 0 Å². The van der Waals surface area contributed by atoms with E-state index in [4.69, 9.17) is 5.73 Å². The van der Waals surface area contributed by atoms with E-state index < -0.39 is 0 Å². The molecular weight excluding hydrogens is 198 g/mol. The summed E-state index contributed by atoms with van der Waals surface area (Å²) in [7, 11) is 4.45. The van der Waals surface area contributed by atoms with Crippen LogP contribution in [0.3, 0.4) is 0 Å². The first-order valence-electron chi connectivity index (χ1n) is 6.69. The van der Waals surface area contributed by atoms with Gasteiger partial charge >= 0.3 is 0 Å². The highest BCUT2D eigenvalue weighted by molar-refractivity contribution is 4.94. The lowest BCUT2D eigenvalue weighted by atomic mass is 9.75. The SMILES string of the molecule is CC1CCCC(CNCCCN)(N(C)C)C1. The molecule has 0 radical (unpaired) electrons. The zero-order valence-electron chi connectivity index (χ0n) is 11.3. The number of nitrogens with two attached hydrogens (primary N) is 1. The molecule has 0 aromatic rings. The molecule has 1 rings (SSSR count). The molecule has 1 aliphatic carbocycles. The summed E-state index contributed by atoms with van der Waals surface area (Å²) in [6.45, 7) is 5.35. The third-order valence-electron chi connectivity index (χ3n) is 4.03. The number of hydrogen-bond donors (Lipinski definition) is 2. The molecule has 3 nitrogen and oxygen atoms in total. The van der Waals surface area contributed by atoms with E-state index in [-0.39, 0.29) is 0 Å². The zero-order chi connectivity index (χ0) is 12.0. The van der Waals surface area contributed by atoms with Crippen LogP contribution in [-0.4, -0.2) is 44.2 Å². The molecule has 0 amide bonds. The summed E-state index contributed by atoms with van der Waals surface area (Å²) in [4.78, 5) is 2.43. The van der Waals surface area contributed by atoms with Crippen molar-refractivity contribution >= 4 is 0 Å². The minimum Gasteiger partial charge on any atom is -0.330 e. The molecule has 16 heavy (non-hydrogen) atoms. The van der Waals surface area contributed by atoms with E-state index >= 15 is 0 Å². The molecule has 2 atom stereocenters. The Morgan fingerprint density at radius 1 is 1.44 bits per heavy atom. The Balaban J connectivity index is 2.45. The second-order valence-electron chi connectivity index (χ2n) is 5.64. The third-order valence-corrected chi connectivity index (χ3v) is 4.03. The number of likely N-dealkylation sites (N-methyl/N-ethyl adjacent to an activating group) is 1. The first kappa shape index (κ1) is 13.9. The van der Waals surface area contributed by atoms with Crippen LogP contribution >= 0.6 is 0 Å². The summed E-state index contributed by atoms with van der Waals surface area (Å²) in [5, 5.41) is 3.58. The lowest BCUT2D eigenvalue weighted by Gasteiger charge is -2.45. The molecule has 2 unspecified atom stereocenters. The zero-order valence-corrected chi connectivity index (χ0v) is 11.3. The van der Waals surface area contributed by atoms with Gasteiger partial charge < -0.3 is 16.0 Å². The standard InChI is InChI=1S/C13H29N3/c1-12-6-4-7-13(10-12,16(2)3)11-15-9-5-8-14/h12,15H,4-11,14H2,1-3H3. The molecule has 0 heterocycles. The van der Waals surface area contributed by atoms with Crippen LogP contribution in [0.15, 0.2) is 0 Å². The number of rotatable bonds is 6. The average Bonchev–Trinajstić information content (AvgIpc) is 2.24. The molecule has 0 aromatic carbocycles. The van der Waals surface area contributed by atoms with Gasteiger partial charge in [-0.2, -0.15) is 0 Å². The van der Waals surface area contributed by atoms with E-state index in [0.29, 0.717) is 5.54 Å². The molecule has 1 saturated carbocycles. The van der Waals surface area contributed by atoms with E-state index in [9.17, 15) is 0 Å². The fourth-order valence-corrected chi connectivity index (χ4v) is 2.91. The van der Waals surface area contributed by atoms with Gasteiger partial charge in [-0.1, -0.05) is 19.8 Å². The van der Waals surface area contributed by atoms with Crippen molar-refractivity contribution in [3.63, 3.8) is 0 Å². The summed E-state index contributed by atoms with van der Waals surface area (Å²) in [6.07, 6.45) is 6.52. The summed E-state index contributed by atoms with van der Waals surface area (Å²) in [5.41, 5.74) is 5.89. The van der Waals surface area contributed by atoms with Crippen LogP contribution in [0.1, 0.15) is 39.0 Å². The van der Waals surface area contributed by atoms with Gasteiger partial charge in [0.25, 0.3) is 0 Å². The van der Waals surface area contributed by atoms with Gasteiger partial charge in [0, 0.05) is 12.1 Å². The summed E-state index contributed by atoms with van der Waals surface area (Å²) in [6, 6.07) is 0. The molecule has 0 bridgehead atoms. The maximum absolute atomic E-state index is 5.51. The molecule has 3 N–H and O–H groups in total. The number of hydrogen-bond acceptors (Lipinski definition) is 3. The van der Waals surface area contributed by atoms with Gasteiger partial charge in [0.15, 0.2) is 0 Å². The Hall–Kier alpha value is -0.120. The number of nitrogens with one attached hydrogen (secondary N) is 1. The molecule has 3 heteroatoms. The Labute approximate surface area is 101 Å². The highest BCUT2D eigenvalue weighted by atomic mass is 15.2. The normalized spacial score (nSPS) is 30.9. The Bertz CT molecular complexity index is 194. The van der Waals surface area contributed by atoms with Gasteiger partial charge in [-0.3, -0.25) is 0 Å². The second kappa shape index (κ2) is 6.58. The molecule has 0 spiro atoms. The van der Waals surface area contributed by atoms with Gasteiger partial charge in [-0.15, -0.1) is 0 Å². The van der Waals surface area contributed by atoms with Crippen molar-refractivity contribution < 1.29 is 0 Å². The van der Waals surface area contributed by atoms with Crippen molar-refractivity contribution in [1.29, 1.82) is 0 Å². The minimum absolute atomic E-state index is 0.381. The van der Waals surface area contributed by atoms with Crippen LogP contribution in [0, 0.1) is 5.92 Å². The maximum atomic E-state index is 5.51. The predicted octanol–water partition coefficient (Wildman–Crippen LogP) is 1.44. The maximum Gasteiger partial charge on any atom is 0.0330 e. The minimum atomic E-state index is 0.381. The van der Waals surface area contributed by atoms with Crippen molar-refractivity contribution in [3.05, 3.63) is 0 Å². The van der Waals surface area contributed by atoms with Gasteiger partial charge in [0.05, 0.1) is 0 Å². The average molecular weight is 227 g/mol. The Morgan fingerprint density at radius 2 is 2.19 bits per heavy atom. The summed E-state index contributed by atoms with van der Waals surface area (Å²) >= 11 is 0. The highest BCUT2D eigenvalue weighted by Gasteiger charge is 2.36. The smallest absolute Gasteiger partial charge is 0.0330 e. The predicted molar refractivity (Wildman–Crippen MR) is 70.6 cm³/mol. The largest absolute Gasteiger partial charge is 0.330 e. The van der Waals surface area contributed by atoms with Gasteiger partial charge in [0.1, 0.15) is 0 Å². The van der Waals surface area contributed by atoms with Crippen molar-refractivity contribution in [2.75, 3.05) is 33.7 Å². The van der Waals surface area contributed by atoms with Gasteiger partial charge in [-0.25, -0.2) is 0 Å². The topological polar surface area (TPSA) is 41.3 Å². The molecular formula is C13H29N3. The Morgan fingerprint density at radius 3 is 2.75 bits per heavy atom. The van der Waals surface area contributed by atoms with Crippen LogP contribution in [0.2, 0.25) is 0 Å². The summed E-state index contributed by atoms with van der Waals surface area (Å²) in [5.74, 6) is 0.868. The molecule has 0 saturated heterocycles. The van der Waals surface area contributed by atoms with Crippen LogP contribution in [0.4, 0.5) is 0 Å². The number of nitrogens with zero attached hydrogens (tertiary/aromatic N) is 1. The van der Waals surface area contributed by atoms with Crippen LogP contribution in [-0.2, 0) is 0 Å². The molecule has 1 aliphatic rings. The van der Waals surface area contributed by atoms with E-state index in [0.717, 1.165) is 32.0 Å². The van der Waals surface area contributed by atoms with Crippen LogP contribution < -0.4 is 11.1 Å². The monoisotopic (exact) mass is 227 g/mol. The van der Waals surface area contributed by atoms with Gasteiger partial charge in [-0.05, 0) is 52.4 Å². The molecule has 1 fully saturated rings. The van der Waals surface area contributed by atoms with Crippen LogP contribution in [0.25, 0.3) is 0 Å². The first-order chi connectivity index (χ1) is 7.60. The Kier molecular flexibility index (Phi) is 5.73. The van der Waals surface area contributed by atoms with E-state index in [2.05, 4.69) is 31.2 Å². The molecule has 0 aromatic heterocycles. The van der Waals surface area contributed by atoms with Crippen molar-refractivity contribution in [2.45, 2.75) is 44.6 Å². The van der Waals surface area contributed by atoms with E-state index in [1.165, 1.54) is 25.7 Å². The van der Waals surface area contributed by atoms with Crippen molar-refractivity contribution in [1.82, 2.24) is 10.2 Å². The lowest BCUT2D eigenvalue weighted by molar-refractivity contribution is 0.0754. The second-order valence-corrected chi connectivity index (χ2v) is 5.64. The van der Waals surface area contributed by atoms with E-state index in [1.807, 2.05) is 0 Å². The third kappa shape index (κ3) is 3.72. The van der Waals surface area contributed by atoms with Gasteiger partial charge in [0.2, 0.25) is 0 Å². The van der Waals surface area contributed by atoms with E-state index in [1.54, 1.807) is 0 Å². The molecule has 96 valence electrons. The fourth-order valence-electron chi connectivity index (χ4n) is 2.91. The summed E-state index contributed by atoms with van der Waals surface area (Å²) < 4.78 is 0. The highest BCUT2D eigenvalue weighted by Crippen LogP contribution is 2.35. The van der Waals surface area contributed by atoms with Crippen molar-refractivity contribution in [2.24, 2.45) is 11.7 Å². The molecule has 0 aliphatic heterocycles. The quantitative estimate of drug-likeness (QED) is 0.675. The lowest BCUT2D eigenvalue weighted by Crippen LogP contribution is -2.54. The first-order valence-corrected chi connectivity index (χ1v) is 6.69.